The van der Waals surface area contributed by atoms with Crippen LogP contribution in [0.3, 0.4) is 0 Å². The first-order chi connectivity index (χ1) is 22.9. The van der Waals surface area contributed by atoms with Crippen molar-refractivity contribution in [3.05, 3.63) is 81.1 Å². The predicted molar refractivity (Wildman–Crippen MR) is 177 cm³/mol. The van der Waals surface area contributed by atoms with Crippen LogP contribution in [0.4, 0.5) is 10.5 Å². The molecule has 15 nitrogen and oxygen atoms in total. The van der Waals surface area contributed by atoms with Gasteiger partial charge >= 0.3 is 11.8 Å². The first kappa shape index (κ1) is 33.8. The number of ether oxygens (including phenoxy) is 1. The van der Waals surface area contributed by atoms with Crippen LogP contribution in [-0.4, -0.2) is 66.7 Å². The lowest BCUT2D eigenvalue weighted by molar-refractivity contribution is -0.127. The molecule has 0 spiro atoms. The van der Waals surface area contributed by atoms with Crippen LogP contribution in [0.25, 0.3) is 22.5 Å². The van der Waals surface area contributed by atoms with Crippen LogP contribution >= 0.6 is 0 Å². The lowest BCUT2D eigenvalue weighted by atomic mass is 9.81. The summed E-state index contributed by atoms with van der Waals surface area (Å²) in [7, 11) is 0. The smallest absolute Gasteiger partial charge is 0.407 e. The monoisotopic (exact) mass is 657 g/mol. The fraction of sp³-hybridized carbons (Fsp3) is 0.394. The minimum absolute atomic E-state index is 0.116. The van der Waals surface area contributed by atoms with Crippen LogP contribution < -0.4 is 27.2 Å². The van der Waals surface area contributed by atoms with E-state index in [2.05, 4.69) is 35.9 Å². The van der Waals surface area contributed by atoms with Gasteiger partial charge in [0.15, 0.2) is 0 Å². The van der Waals surface area contributed by atoms with Crippen molar-refractivity contribution in [3.8, 4) is 22.5 Å². The molecule has 5 rings (SSSR count). The van der Waals surface area contributed by atoms with Crippen molar-refractivity contribution in [1.82, 2.24) is 35.9 Å². The fourth-order valence-corrected chi connectivity index (χ4v) is 5.86. The molecule has 0 unspecified atom stereocenters. The number of nitrogens with two attached hydrogens (primary N) is 1. The average molecular weight is 658 g/mol. The summed E-state index contributed by atoms with van der Waals surface area (Å²) < 4.78 is 5.34. The van der Waals surface area contributed by atoms with Crippen molar-refractivity contribution in [2.75, 3.05) is 11.4 Å². The number of aromatic amines is 3. The van der Waals surface area contributed by atoms with Crippen molar-refractivity contribution < 1.29 is 19.1 Å². The number of nitrogens with zero attached hydrogens (tertiary/aromatic N) is 4. The lowest BCUT2D eigenvalue weighted by Gasteiger charge is -2.36. The van der Waals surface area contributed by atoms with Crippen LogP contribution in [-0.2, 0) is 20.7 Å². The van der Waals surface area contributed by atoms with Gasteiger partial charge in [0.25, 0.3) is 5.56 Å². The topological polar surface area (TPSA) is 222 Å². The molecule has 2 aromatic heterocycles. The van der Waals surface area contributed by atoms with Gasteiger partial charge in [-0.25, -0.2) is 9.59 Å². The van der Waals surface area contributed by atoms with E-state index in [1.165, 1.54) is 11.1 Å². The van der Waals surface area contributed by atoms with Gasteiger partial charge in [-0.05, 0) is 93.0 Å². The summed E-state index contributed by atoms with van der Waals surface area (Å²) in [5, 5.41) is 16.8. The number of nitrogens with one attached hydrogen (secondary N) is 4. The molecule has 2 heterocycles. The highest BCUT2D eigenvalue weighted by atomic mass is 16.6. The van der Waals surface area contributed by atoms with Crippen molar-refractivity contribution in [1.29, 1.82) is 0 Å². The number of alkyl carbamates (subject to hydrolysis) is 1. The average Bonchev–Trinajstić information content (AvgIpc) is 3.59. The second-order valence-electron chi connectivity index (χ2n) is 12.9. The molecule has 0 bridgehead atoms. The summed E-state index contributed by atoms with van der Waals surface area (Å²) in [5.74, 6) is -0.700. The third-order valence-electron chi connectivity index (χ3n) is 8.27. The zero-order valence-corrected chi connectivity index (χ0v) is 27.0. The Morgan fingerprint density at radius 2 is 1.67 bits per heavy atom. The van der Waals surface area contributed by atoms with E-state index in [9.17, 15) is 24.0 Å². The molecule has 1 fully saturated rings. The Bertz CT molecular complexity index is 1840. The number of carbonyl (C=O) groups excluding carboxylic acids is 3. The van der Waals surface area contributed by atoms with Gasteiger partial charge in [-0.15, -0.1) is 10.2 Å². The van der Waals surface area contributed by atoms with E-state index < -0.39 is 34.9 Å². The van der Waals surface area contributed by atoms with Crippen LogP contribution in [0.2, 0.25) is 0 Å². The summed E-state index contributed by atoms with van der Waals surface area (Å²) in [4.78, 5) is 69.4. The zero-order chi connectivity index (χ0) is 34.4. The molecule has 1 aliphatic carbocycles. The summed E-state index contributed by atoms with van der Waals surface area (Å²) >= 11 is 0. The van der Waals surface area contributed by atoms with Crippen molar-refractivity contribution in [2.45, 2.75) is 64.5 Å². The molecule has 48 heavy (non-hydrogen) atoms. The summed E-state index contributed by atoms with van der Waals surface area (Å²) in [5.41, 5.74) is 6.97. The van der Waals surface area contributed by atoms with Crippen molar-refractivity contribution >= 4 is 23.6 Å². The van der Waals surface area contributed by atoms with E-state index in [0.29, 0.717) is 60.4 Å². The Hall–Kier alpha value is -5.60. The predicted octanol–water partition coefficient (Wildman–Crippen LogP) is 2.67. The number of aromatic nitrogens is 6. The molecule has 3 amide bonds. The number of hydrogen-bond acceptors (Lipinski definition) is 9. The number of benzene rings is 2. The van der Waals surface area contributed by atoms with E-state index in [0.717, 1.165) is 0 Å². The van der Waals surface area contributed by atoms with Gasteiger partial charge < -0.3 is 20.8 Å². The largest absolute Gasteiger partial charge is 0.444 e. The van der Waals surface area contributed by atoms with Gasteiger partial charge in [-0.2, -0.15) is 5.21 Å². The molecule has 0 aliphatic heterocycles. The van der Waals surface area contributed by atoms with E-state index in [4.69, 9.17) is 10.5 Å². The Kier molecular flexibility index (Phi) is 10.2. The number of tetrazole rings is 1. The molecule has 1 aliphatic rings. The SMILES string of the molecule is CC(C)(C)OC(=O)NC[C@H]1CC[C@H](C(=O)N(c2ccc(-c3nn[nH]n3)cc2)[C@@H](Cc2ccc(-c3c[nH]c(=O)[nH]c3=O)cc2)C(N)=O)CC1. The Morgan fingerprint density at radius 1 is 1.00 bits per heavy atom. The number of anilines is 1. The van der Waals surface area contributed by atoms with Crippen LogP contribution in [0, 0.1) is 11.8 Å². The van der Waals surface area contributed by atoms with E-state index in [1.54, 1.807) is 69.3 Å². The van der Waals surface area contributed by atoms with Crippen LogP contribution in [0.15, 0.2) is 64.3 Å². The lowest BCUT2D eigenvalue weighted by Crippen LogP contribution is -2.52. The number of amides is 3. The number of H-pyrrole nitrogens is 3. The summed E-state index contributed by atoms with van der Waals surface area (Å²) in [6, 6.07) is 12.8. The molecule has 0 saturated heterocycles. The van der Waals surface area contributed by atoms with Gasteiger partial charge in [-0.3, -0.25) is 24.3 Å². The first-order valence-corrected chi connectivity index (χ1v) is 15.7. The van der Waals surface area contributed by atoms with E-state index in [1.807, 2.05) is 0 Å². The Morgan fingerprint density at radius 3 is 2.25 bits per heavy atom. The van der Waals surface area contributed by atoms with E-state index >= 15 is 0 Å². The molecular formula is C33H39N9O6. The summed E-state index contributed by atoms with van der Waals surface area (Å²) in [6.45, 7) is 5.86. The molecule has 4 aromatic rings. The number of hydrogen-bond donors (Lipinski definition) is 5. The molecular weight excluding hydrogens is 618 g/mol. The minimum Gasteiger partial charge on any atom is -0.444 e. The third kappa shape index (κ3) is 8.40. The molecule has 252 valence electrons. The maximum atomic E-state index is 14.3. The third-order valence-corrected chi connectivity index (χ3v) is 8.27. The second-order valence-corrected chi connectivity index (χ2v) is 12.9. The molecule has 6 N–H and O–H groups in total. The maximum absolute atomic E-state index is 14.3. The maximum Gasteiger partial charge on any atom is 0.407 e. The van der Waals surface area contributed by atoms with Crippen molar-refractivity contribution in [2.24, 2.45) is 17.6 Å². The van der Waals surface area contributed by atoms with Gasteiger partial charge in [-0.1, -0.05) is 24.3 Å². The fourth-order valence-electron chi connectivity index (χ4n) is 5.86. The Balaban J connectivity index is 1.36. The van der Waals surface area contributed by atoms with Crippen molar-refractivity contribution in [3.63, 3.8) is 0 Å². The highest BCUT2D eigenvalue weighted by Gasteiger charge is 2.36. The second kappa shape index (κ2) is 14.4. The number of primary amides is 1. The first-order valence-electron chi connectivity index (χ1n) is 15.7. The standard InChI is InChI=1S/C33H39N9O6/c1-33(2,3)48-32(47)36-17-20-6-10-23(11-7-20)30(45)42(24-14-12-22(13-15-24)28-38-40-41-39-28)26(27(34)43)16-19-4-8-21(9-5-19)25-18-35-31(46)37-29(25)44/h4-5,8-9,12-15,18,20,23,26H,6-7,10-11,16-17H2,1-3H3,(H2,34,43)(H,36,47)(H2,35,37,44,46)(H,38,39,40,41)/t20-,23-,26-/m0/s1. The normalized spacial score (nSPS) is 16.9. The van der Waals surface area contributed by atoms with Gasteiger partial charge in [0.05, 0.1) is 5.56 Å². The molecule has 1 atom stereocenters. The molecule has 1 saturated carbocycles. The number of rotatable bonds is 10. The van der Waals surface area contributed by atoms with Crippen LogP contribution in [0.1, 0.15) is 52.0 Å². The molecule has 2 aromatic carbocycles. The highest BCUT2D eigenvalue weighted by molar-refractivity contribution is 6.01. The van der Waals surface area contributed by atoms with Gasteiger partial charge in [0, 0.05) is 36.3 Å². The van der Waals surface area contributed by atoms with E-state index in [-0.39, 0.29) is 29.7 Å². The van der Waals surface area contributed by atoms with Gasteiger partial charge in [0.1, 0.15) is 11.6 Å². The van der Waals surface area contributed by atoms with Gasteiger partial charge in [0.2, 0.25) is 17.6 Å². The van der Waals surface area contributed by atoms with Crippen LogP contribution in [0.5, 0.6) is 0 Å². The summed E-state index contributed by atoms with van der Waals surface area (Å²) in [6.07, 6.45) is 3.55. The molecule has 15 heteroatoms. The zero-order valence-electron chi connectivity index (χ0n) is 27.0. The number of carbonyl (C=O) groups is 3. The quantitative estimate of drug-likeness (QED) is 0.169. The molecule has 0 radical (unpaired) electrons. The Labute approximate surface area is 275 Å². The highest BCUT2D eigenvalue weighted by Crippen LogP contribution is 2.33. The minimum atomic E-state index is -1.03.